The largest absolute Gasteiger partial charge is 0.365 e. The highest BCUT2D eigenvalue weighted by molar-refractivity contribution is 7.17. The molecule has 8 heteroatoms. The highest BCUT2D eigenvalue weighted by Crippen LogP contribution is 2.37. The summed E-state index contributed by atoms with van der Waals surface area (Å²) in [5.41, 5.74) is 9.95. The second kappa shape index (κ2) is 13.9. The fraction of sp³-hybridized carbons (Fsp3) is 0.586. The van der Waals surface area contributed by atoms with E-state index in [1.165, 1.54) is 67.7 Å². The Kier molecular flexibility index (Phi) is 10.4. The number of aryl methyl sites for hydroxylation is 1. The summed E-state index contributed by atoms with van der Waals surface area (Å²) in [4.78, 5) is 30.9. The quantitative estimate of drug-likeness (QED) is 0.316. The SMILES string of the molecule is CCCCCc1ccc(CN2CCc3c(sc(NC(=O)NCCCCN4CCCC4)c3C(N)=O)C2)cc1. The molecule has 1 aromatic heterocycles. The molecule has 0 bridgehead atoms. The van der Waals surface area contributed by atoms with Gasteiger partial charge in [0.05, 0.1) is 5.56 Å². The zero-order valence-corrected chi connectivity index (χ0v) is 23.1. The Morgan fingerprint density at radius 2 is 1.73 bits per heavy atom. The van der Waals surface area contributed by atoms with Crippen LogP contribution in [-0.4, -0.2) is 54.5 Å². The molecule has 4 N–H and O–H groups in total. The van der Waals surface area contributed by atoms with Crippen LogP contribution in [0.4, 0.5) is 9.80 Å². The van der Waals surface area contributed by atoms with Crippen LogP contribution in [0, 0.1) is 0 Å². The number of unbranched alkanes of at least 4 members (excludes halogenated alkanes) is 3. The molecule has 1 saturated heterocycles. The van der Waals surface area contributed by atoms with Crippen LogP contribution in [0.2, 0.25) is 0 Å². The number of anilines is 1. The van der Waals surface area contributed by atoms with E-state index in [1.54, 1.807) is 0 Å². The third-order valence-corrected chi connectivity index (χ3v) is 8.63. The summed E-state index contributed by atoms with van der Waals surface area (Å²) in [7, 11) is 0. The lowest BCUT2D eigenvalue weighted by atomic mass is 10.0. The summed E-state index contributed by atoms with van der Waals surface area (Å²) >= 11 is 1.49. The molecule has 0 aliphatic carbocycles. The predicted molar refractivity (Wildman–Crippen MR) is 152 cm³/mol. The fourth-order valence-corrected chi connectivity index (χ4v) is 6.70. The first-order chi connectivity index (χ1) is 18.0. The maximum Gasteiger partial charge on any atom is 0.319 e. The first-order valence-corrected chi connectivity index (χ1v) is 14.9. The van der Waals surface area contributed by atoms with E-state index < -0.39 is 5.91 Å². The summed E-state index contributed by atoms with van der Waals surface area (Å²) in [6.07, 6.45) is 10.3. The number of carbonyl (C=O) groups excluding carboxylic acids is 2. The number of hydrogen-bond acceptors (Lipinski definition) is 5. The Balaban J connectivity index is 1.28. The van der Waals surface area contributed by atoms with E-state index in [-0.39, 0.29) is 6.03 Å². The number of benzene rings is 1. The van der Waals surface area contributed by atoms with Crippen LogP contribution in [0.1, 0.15) is 83.8 Å². The van der Waals surface area contributed by atoms with Crippen LogP contribution in [0.5, 0.6) is 0 Å². The van der Waals surface area contributed by atoms with Crippen molar-refractivity contribution < 1.29 is 9.59 Å². The second-order valence-electron chi connectivity index (χ2n) is 10.4. The van der Waals surface area contributed by atoms with E-state index in [1.807, 2.05) is 0 Å². The molecule has 1 fully saturated rings. The number of rotatable bonds is 13. The lowest BCUT2D eigenvalue weighted by Crippen LogP contribution is -2.31. The van der Waals surface area contributed by atoms with Crippen LogP contribution < -0.4 is 16.4 Å². The summed E-state index contributed by atoms with van der Waals surface area (Å²) in [5.74, 6) is -0.467. The van der Waals surface area contributed by atoms with Crippen LogP contribution in [0.25, 0.3) is 0 Å². The van der Waals surface area contributed by atoms with E-state index in [9.17, 15) is 9.59 Å². The molecule has 0 atom stereocenters. The van der Waals surface area contributed by atoms with Crippen molar-refractivity contribution in [3.8, 4) is 0 Å². The monoisotopic (exact) mass is 525 g/mol. The Labute approximate surface area is 225 Å². The van der Waals surface area contributed by atoms with E-state index >= 15 is 0 Å². The lowest BCUT2D eigenvalue weighted by molar-refractivity contribution is 0.0999. The van der Waals surface area contributed by atoms with E-state index in [2.05, 4.69) is 51.6 Å². The fourth-order valence-electron chi connectivity index (χ4n) is 5.40. The van der Waals surface area contributed by atoms with Crippen molar-refractivity contribution >= 4 is 28.3 Å². The molecule has 3 amide bonds. The number of thiophene rings is 1. The van der Waals surface area contributed by atoms with Crippen molar-refractivity contribution in [3.63, 3.8) is 0 Å². The van der Waals surface area contributed by atoms with Crippen molar-refractivity contribution in [2.24, 2.45) is 5.73 Å². The van der Waals surface area contributed by atoms with Gasteiger partial charge >= 0.3 is 6.03 Å². The maximum absolute atomic E-state index is 12.5. The molecule has 1 aromatic carbocycles. The molecule has 202 valence electrons. The maximum atomic E-state index is 12.5. The average molecular weight is 526 g/mol. The Bertz CT molecular complexity index is 1030. The Hall–Kier alpha value is -2.42. The number of amides is 3. The van der Waals surface area contributed by atoms with Gasteiger partial charge in [0.1, 0.15) is 5.00 Å². The number of primary amides is 1. The van der Waals surface area contributed by atoms with Crippen LogP contribution in [0.15, 0.2) is 24.3 Å². The molecule has 0 radical (unpaired) electrons. The van der Waals surface area contributed by atoms with Gasteiger partial charge in [-0.1, -0.05) is 44.0 Å². The average Bonchev–Trinajstić information content (AvgIpc) is 3.52. The summed E-state index contributed by atoms with van der Waals surface area (Å²) in [6, 6.07) is 8.72. The molecule has 4 rings (SSSR count). The summed E-state index contributed by atoms with van der Waals surface area (Å²) in [6.45, 7) is 8.88. The number of carbonyl (C=O) groups is 2. The molecular weight excluding hydrogens is 482 g/mol. The molecule has 7 nitrogen and oxygen atoms in total. The molecule has 0 unspecified atom stereocenters. The van der Waals surface area contributed by atoms with Crippen molar-refractivity contribution in [1.29, 1.82) is 0 Å². The number of likely N-dealkylation sites (tertiary alicyclic amines) is 1. The number of fused-ring (bicyclic) bond motifs is 1. The minimum atomic E-state index is -0.467. The zero-order valence-electron chi connectivity index (χ0n) is 22.3. The van der Waals surface area contributed by atoms with Crippen molar-refractivity contribution in [1.82, 2.24) is 15.1 Å². The van der Waals surface area contributed by atoms with Crippen molar-refractivity contribution in [3.05, 3.63) is 51.4 Å². The summed E-state index contributed by atoms with van der Waals surface area (Å²) in [5, 5.41) is 6.43. The van der Waals surface area contributed by atoms with Gasteiger partial charge in [0.25, 0.3) is 5.91 Å². The van der Waals surface area contributed by atoms with E-state index in [0.717, 1.165) is 62.3 Å². The number of hydrogen-bond donors (Lipinski definition) is 3. The molecule has 2 aliphatic rings. The second-order valence-corrected chi connectivity index (χ2v) is 11.5. The van der Waals surface area contributed by atoms with Gasteiger partial charge < -0.3 is 16.0 Å². The third kappa shape index (κ3) is 8.03. The number of urea groups is 1. The Morgan fingerprint density at radius 1 is 0.973 bits per heavy atom. The first-order valence-electron chi connectivity index (χ1n) is 14.0. The van der Waals surface area contributed by atoms with Crippen molar-refractivity contribution in [2.45, 2.75) is 77.8 Å². The smallest absolute Gasteiger partial charge is 0.319 e. The standard InChI is InChI=1S/C29H43N5O2S/c1-2-3-4-9-22-10-12-23(13-11-22)20-34-19-14-24-25(21-34)37-28(26(24)27(30)35)32-29(36)31-15-5-6-16-33-17-7-8-18-33/h10-13H,2-9,14-21H2,1H3,(H2,30,35)(H2,31,32,36). The normalized spacial score (nSPS) is 16.0. The number of nitrogens with two attached hydrogens (primary N) is 1. The first kappa shape index (κ1) is 27.6. The molecule has 0 spiro atoms. The van der Waals surface area contributed by atoms with Crippen LogP contribution >= 0.6 is 11.3 Å². The van der Waals surface area contributed by atoms with Crippen LogP contribution in [-0.2, 0) is 25.9 Å². The minimum absolute atomic E-state index is 0.266. The van der Waals surface area contributed by atoms with Gasteiger partial charge in [-0.15, -0.1) is 11.3 Å². The topological polar surface area (TPSA) is 90.7 Å². The van der Waals surface area contributed by atoms with Gasteiger partial charge in [-0.05, 0) is 81.3 Å². The number of nitrogens with zero attached hydrogens (tertiary/aromatic N) is 2. The zero-order chi connectivity index (χ0) is 26.0. The minimum Gasteiger partial charge on any atom is -0.365 e. The van der Waals surface area contributed by atoms with Gasteiger partial charge in [0.2, 0.25) is 0 Å². The van der Waals surface area contributed by atoms with E-state index in [4.69, 9.17) is 5.73 Å². The Morgan fingerprint density at radius 3 is 2.46 bits per heavy atom. The van der Waals surface area contributed by atoms with Gasteiger partial charge in [-0.3, -0.25) is 15.0 Å². The van der Waals surface area contributed by atoms with Crippen molar-refractivity contribution in [2.75, 3.05) is 38.0 Å². The molecule has 37 heavy (non-hydrogen) atoms. The number of nitrogens with one attached hydrogen (secondary N) is 2. The molecule has 3 heterocycles. The molecule has 2 aromatic rings. The highest BCUT2D eigenvalue weighted by atomic mass is 32.1. The predicted octanol–water partition coefficient (Wildman–Crippen LogP) is 5.14. The van der Waals surface area contributed by atoms with Crippen LogP contribution in [0.3, 0.4) is 0 Å². The van der Waals surface area contributed by atoms with Gasteiger partial charge in [-0.2, -0.15) is 0 Å². The van der Waals surface area contributed by atoms with Gasteiger partial charge in [0, 0.05) is 31.1 Å². The lowest BCUT2D eigenvalue weighted by Gasteiger charge is -2.27. The molecular formula is C29H43N5O2S. The van der Waals surface area contributed by atoms with Gasteiger partial charge in [-0.25, -0.2) is 4.79 Å². The highest BCUT2D eigenvalue weighted by Gasteiger charge is 2.27. The van der Waals surface area contributed by atoms with Gasteiger partial charge in [0.15, 0.2) is 0 Å². The summed E-state index contributed by atoms with van der Waals surface area (Å²) < 4.78 is 0. The molecule has 0 saturated carbocycles. The molecule has 2 aliphatic heterocycles. The van der Waals surface area contributed by atoms with E-state index in [0.29, 0.717) is 17.1 Å². The third-order valence-electron chi connectivity index (χ3n) is 7.49.